The predicted octanol–water partition coefficient (Wildman–Crippen LogP) is 0.718. The summed E-state index contributed by atoms with van der Waals surface area (Å²) in [6.45, 7) is 6.33. The van der Waals surface area contributed by atoms with E-state index in [0.717, 1.165) is 6.42 Å². The van der Waals surface area contributed by atoms with Crippen molar-refractivity contribution in [2.24, 2.45) is 11.7 Å². The van der Waals surface area contributed by atoms with E-state index < -0.39 is 0 Å². The van der Waals surface area contributed by atoms with Gasteiger partial charge in [-0.05, 0) is 12.3 Å². The number of halogens is 1. The summed E-state index contributed by atoms with van der Waals surface area (Å²) in [4.78, 5) is 25.8. The Morgan fingerprint density at radius 2 is 1.67 bits per heavy atom. The Morgan fingerprint density at radius 1 is 1.17 bits per heavy atom. The van der Waals surface area contributed by atoms with Gasteiger partial charge < -0.3 is 15.5 Å². The van der Waals surface area contributed by atoms with Crippen LogP contribution >= 0.6 is 12.4 Å². The van der Waals surface area contributed by atoms with Gasteiger partial charge in [-0.3, -0.25) is 9.59 Å². The molecule has 5 nitrogen and oxygen atoms in total. The van der Waals surface area contributed by atoms with Gasteiger partial charge in [0.15, 0.2) is 0 Å². The Kier molecular flexibility index (Phi) is 9.94. The minimum atomic E-state index is -0.106. The van der Waals surface area contributed by atoms with Gasteiger partial charge in [0.1, 0.15) is 0 Å². The highest BCUT2D eigenvalue weighted by Gasteiger charge is 2.15. The Bertz CT molecular complexity index is 272. The second-order valence-corrected chi connectivity index (χ2v) is 4.89. The van der Waals surface area contributed by atoms with Crippen LogP contribution in [-0.2, 0) is 9.59 Å². The van der Waals surface area contributed by atoms with Crippen LogP contribution in [0.2, 0.25) is 0 Å². The Balaban J connectivity index is 0. The molecule has 0 aliphatic carbocycles. The smallest absolute Gasteiger partial charge is 0.241 e. The normalized spacial score (nSPS) is 11.7. The molecule has 0 spiro atoms. The number of carbonyl (C=O) groups excluding carboxylic acids is 2. The molecule has 0 aromatic carbocycles. The molecule has 108 valence electrons. The summed E-state index contributed by atoms with van der Waals surface area (Å²) in [6.07, 6.45) is 0.781. The summed E-state index contributed by atoms with van der Waals surface area (Å²) >= 11 is 0. The zero-order valence-electron chi connectivity index (χ0n) is 12.0. The zero-order valence-corrected chi connectivity index (χ0v) is 12.8. The second-order valence-electron chi connectivity index (χ2n) is 4.89. The monoisotopic (exact) mass is 279 g/mol. The van der Waals surface area contributed by atoms with E-state index in [1.54, 1.807) is 19.0 Å². The van der Waals surface area contributed by atoms with Crippen molar-refractivity contribution in [1.82, 2.24) is 9.80 Å². The largest absolute Gasteiger partial charge is 0.344 e. The van der Waals surface area contributed by atoms with Gasteiger partial charge in [0, 0.05) is 33.6 Å². The van der Waals surface area contributed by atoms with Crippen molar-refractivity contribution in [3.05, 3.63) is 0 Å². The molecule has 1 atom stereocenters. The van der Waals surface area contributed by atoms with E-state index in [9.17, 15) is 9.59 Å². The van der Waals surface area contributed by atoms with E-state index in [4.69, 9.17) is 5.73 Å². The molecule has 0 rings (SSSR count). The molecular formula is C12H26ClN3O2. The fourth-order valence-corrected chi connectivity index (χ4v) is 1.24. The number of likely N-dealkylation sites (N-methyl/N-ethyl adjacent to an activating group) is 2. The molecule has 0 fully saturated rings. The van der Waals surface area contributed by atoms with Crippen molar-refractivity contribution in [3.63, 3.8) is 0 Å². The first-order valence-electron chi connectivity index (χ1n) is 5.97. The average Bonchev–Trinajstić information content (AvgIpc) is 2.24. The lowest BCUT2D eigenvalue weighted by molar-refractivity contribution is -0.137. The van der Waals surface area contributed by atoms with Crippen molar-refractivity contribution in [3.8, 4) is 0 Å². The maximum atomic E-state index is 11.7. The lowest BCUT2D eigenvalue weighted by Gasteiger charge is -2.23. The Morgan fingerprint density at radius 3 is 2.06 bits per heavy atom. The molecule has 2 amide bonds. The molecule has 0 heterocycles. The SMILES string of the molecule is CC(=O)N(C)CC(=O)N(C)CCC(N)C(C)C.Cl. The number of amides is 2. The van der Waals surface area contributed by atoms with Gasteiger partial charge in [0.25, 0.3) is 0 Å². The van der Waals surface area contributed by atoms with Crippen LogP contribution in [0.5, 0.6) is 0 Å². The molecule has 1 unspecified atom stereocenters. The van der Waals surface area contributed by atoms with E-state index in [2.05, 4.69) is 13.8 Å². The van der Waals surface area contributed by atoms with Gasteiger partial charge in [0.05, 0.1) is 6.54 Å². The third-order valence-electron chi connectivity index (χ3n) is 2.99. The van der Waals surface area contributed by atoms with Gasteiger partial charge >= 0.3 is 0 Å². The van der Waals surface area contributed by atoms with Crippen LogP contribution in [-0.4, -0.2) is 54.8 Å². The highest BCUT2D eigenvalue weighted by atomic mass is 35.5. The molecule has 0 aliphatic rings. The molecule has 0 aliphatic heterocycles. The van der Waals surface area contributed by atoms with Gasteiger partial charge in [0.2, 0.25) is 11.8 Å². The van der Waals surface area contributed by atoms with E-state index in [-0.39, 0.29) is 36.8 Å². The number of rotatable bonds is 6. The number of hydrogen-bond acceptors (Lipinski definition) is 3. The molecule has 0 aromatic rings. The second kappa shape index (κ2) is 9.16. The highest BCUT2D eigenvalue weighted by molar-refractivity contribution is 5.85. The summed E-state index contributed by atoms with van der Waals surface area (Å²) in [7, 11) is 3.36. The van der Waals surface area contributed by atoms with E-state index in [0.29, 0.717) is 12.5 Å². The summed E-state index contributed by atoms with van der Waals surface area (Å²) < 4.78 is 0. The standard InChI is InChI=1S/C12H25N3O2.ClH/c1-9(2)11(13)6-7-14(4)12(17)8-15(5)10(3)16;/h9,11H,6-8,13H2,1-5H3;1H. The lowest BCUT2D eigenvalue weighted by atomic mass is 10.0. The van der Waals surface area contributed by atoms with Crippen molar-refractivity contribution < 1.29 is 9.59 Å². The lowest BCUT2D eigenvalue weighted by Crippen LogP contribution is -2.40. The average molecular weight is 280 g/mol. The summed E-state index contributed by atoms with van der Waals surface area (Å²) in [5.74, 6) is 0.252. The molecular weight excluding hydrogens is 254 g/mol. The van der Waals surface area contributed by atoms with Gasteiger partial charge in [-0.15, -0.1) is 12.4 Å². The molecule has 18 heavy (non-hydrogen) atoms. The predicted molar refractivity (Wildman–Crippen MR) is 75.6 cm³/mol. The van der Waals surface area contributed by atoms with Gasteiger partial charge in [-0.25, -0.2) is 0 Å². The first-order chi connectivity index (χ1) is 7.75. The third kappa shape index (κ3) is 7.50. The Hall–Kier alpha value is -0.810. The minimum absolute atomic E-state index is 0. The van der Waals surface area contributed by atoms with E-state index in [1.807, 2.05) is 0 Å². The summed E-state index contributed by atoms with van der Waals surface area (Å²) in [6, 6.07) is 0.107. The third-order valence-corrected chi connectivity index (χ3v) is 2.99. The fraction of sp³-hybridized carbons (Fsp3) is 0.833. The molecule has 0 radical (unpaired) electrons. The van der Waals surface area contributed by atoms with Crippen molar-refractivity contribution in [2.75, 3.05) is 27.2 Å². The quantitative estimate of drug-likeness (QED) is 0.779. The van der Waals surface area contributed by atoms with Crippen LogP contribution in [0.3, 0.4) is 0 Å². The summed E-state index contributed by atoms with van der Waals surface area (Å²) in [5.41, 5.74) is 5.91. The van der Waals surface area contributed by atoms with Crippen LogP contribution in [0, 0.1) is 5.92 Å². The van der Waals surface area contributed by atoms with Crippen LogP contribution in [0.25, 0.3) is 0 Å². The molecule has 0 saturated heterocycles. The number of nitrogens with two attached hydrogens (primary N) is 1. The number of carbonyl (C=O) groups is 2. The van der Waals surface area contributed by atoms with Crippen LogP contribution in [0.15, 0.2) is 0 Å². The van der Waals surface area contributed by atoms with Crippen molar-refractivity contribution in [1.29, 1.82) is 0 Å². The fourth-order valence-electron chi connectivity index (χ4n) is 1.24. The topological polar surface area (TPSA) is 66.6 Å². The maximum Gasteiger partial charge on any atom is 0.241 e. The maximum absolute atomic E-state index is 11.7. The highest BCUT2D eigenvalue weighted by Crippen LogP contribution is 2.03. The Labute approximate surface area is 116 Å². The molecule has 6 heteroatoms. The van der Waals surface area contributed by atoms with E-state index in [1.165, 1.54) is 11.8 Å². The number of nitrogens with zero attached hydrogens (tertiary/aromatic N) is 2. The number of hydrogen-bond donors (Lipinski definition) is 1. The zero-order chi connectivity index (χ0) is 13.6. The van der Waals surface area contributed by atoms with Crippen molar-refractivity contribution in [2.45, 2.75) is 33.2 Å². The molecule has 0 aromatic heterocycles. The minimum Gasteiger partial charge on any atom is -0.344 e. The van der Waals surface area contributed by atoms with Gasteiger partial charge in [-0.1, -0.05) is 13.8 Å². The molecule has 0 bridgehead atoms. The van der Waals surface area contributed by atoms with Crippen LogP contribution in [0.4, 0.5) is 0 Å². The summed E-state index contributed by atoms with van der Waals surface area (Å²) in [5, 5.41) is 0. The van der Waals surface area contributed by atoms with Crippen molar-refractivity contribution >= 4 is 24.2 Å². The first-order valence-corrected chi connectivity index (χ1v) is 5.97. The van der Waals surface area contributed by atoms with Crippen LogP contribution in [0.1, 0.15) is 27.2 Å². The molecule has 2 N–H and O–H groups in total. The molecule has 0 saturated carbocycles. The van der Waals surface area contributed by atoms with Gasteiger partial charge in [-0.2, -0.15) is 0 Å². The van der Waals surface area contributed by atoms with E-state index >= 15 is 0 Å². The van der Waals surface area contributed by atoms with Crippen LogP contribution < -0.4 is 5.73 Å². The first kappa shape index (κ1) is 19.5.